The average Bonchev–Trinajstić information content (AvgIpc) is 2.61. The van der Waals surface area contributed by atoms with Gasteiger partial charge in [0.25, 0.3) is 0 Å². The number of hydrogen-bond acceptors (Lipinski definition) is 4. The van der Waals surface area contributed by atoms with Crippen LogP contribution in [-0.4, -0.2) is 24.8 Å². The molecule has 0 unspecified atom stereocenters. The van der Waals surface area contributed by atoms with E-state index >= 15 is 0 Å². The van der Waals surface area contributed by atoms with Crippen molar-refractivity contribution in [3.8, 4) is 0 Å². The number of Topliss-reactive ketones (excluding diaryl/α,β-unsaturated/α-hetero) is 1. The Balaban J connectivity index is 2.05. The van der Waals surface area contributed by atoms with Gasteiger partial charge in [0.15, 0.2) is 5.78 Å². The molecule has 2 aromatic carbocycles. The first-order valence-corrected chi connectivity index (χ1v) is 7.63. The number of rotatable bonds is 7. The second-order valence-electron chi connectivity index (χ2n) is 5.26. The molecule has 1 N–H and O–H groups in total. The van der Waals surface area contributed by atoms with Gasteiger partial charge in [-0.15, -0.1) is 0 Å². The van der Waals surface area contributed by atoms with Crippen LogP contribution in [0.2, 0.25) is 0 Å². The first-order chi connectivity index (χ1) is 11.6. The summed E-state index contributed by atoms with van der Waals surface area (Å²) in [5, 5.41) is 2.69. The molecular formula is C19H19NO4. The summed E-state index contributed by atoms with van der Waals surface area (Å²) in [7, 11) is 1.28. The van der Waals surface area contributed by atoms with E-state index in [1.807, 2.05) is 30.3 Å². The van der Waals surface area contributed by atoms with Gasteiger partial charge in [-0.25, -0.2) is 0 Å². The summed E-state index contributed by atoms with van der Waals surface area (Å²) in [6.07, 6.45) is 0.270. The highest BCUT2D eigenvalue weighted by Gasteiger charge is 2.14. The molecule has 0 saturated carbocycles. The lowest BCUT2D eigenvalue weighted by Crippen LogP contribution is -2.16. The number of hydrogen-bond donors (Lipinski definition) is 1. The first-order valence-electron chi connectivity index (χ1n) is 7.63. The number of nitrogens with one attached hydrogen (secondary N) is 1. The van der Waals surface area contributed by atoms with Gasteiger partial charge >= 0.3 is 5.97 Å². The molecule has 0 fully saturated rings. The van der Waals surface area contributed by atoms with E-state index in [-0.39, 0.29) is 31.0 Å². The molecule has 0 aromatic heterocycles. The van der Waals surface area contributed by atoms with Crippen molar-refractivity contribution in [3.05, 3.63) is 65.7 Å². The molecule has 0 bridgehead atoms. The lowest BCUT2D eigenvalue weighted by atomic mass is 10.0. The van der Waals surface area contributed by atoms with Crippen molar-refractivity contribution in [2.24, 2.45) is 0 Å². The fourth-order valence-corrected chi connectivity index (χ4v) is 2.24. The van der Waals surface area contributed by atoms with Gasteiger partial charge in [-0.3, -0.25) is 14.4 Å². The van der Waals surface area contributed by atoms with Crippen LogP contribution in [0, 0.1) is 0 Å². The van der Waals surface area contributed by atoms with Gasteiger partial charge in [-0.2, -0.15) is 0 Å². The lowest BCUT2D eigenvalue weighted by Gasteiger charge is -2.10. The molecule has 2 rings (SSSR count). The third-order valence-corrected chi connectivity index (χ3v) is 3.49. The van der Waals surface area contributed by atoms with Crippen LogP contribution in [0.5, 0.6) is 0 Å². The van der Waals surface area contributed by atoms with E-state index in [4.69, 9.17) is 0 Å². The third-order valence-electron chi connectivity index (χ3n) is 3.49. The van der Waals surface area contributed by atoms with E-state index in [0.717, 1.165) is 5.56 Å². The number of esters is 1. The van der Waals surface area contributed by atoms with Crippen LogP contribution in [0.25, 0.3) is 0 Å². The zero-order valence-electron chi connectivity index (χ0n) is 13.5. The van der Waals surface area contributed by atoms with E-state index in [9.17, 15) is 14.4 Å². The fourth-order valence-electron chi connectivity index (χ4n) is 2.24. The standard InChI is InChI=1S/C19H19NO4/c1-24-19(23)12-11-18(22)20-16-10-6-5-9-15(16)17(21)13-14-7-3-2-4-8-14/h2-10H,11-13H2,1H3,(H,20,22). The van der Waals surface area contributed by atoms with Crippen LogP contribution in [0.4, 0.5) is 5.69 Å². The van der Waals surface area contributed by atoms with E-state index in [0.29, 0.717) is 11.3 Å². The van der Waals surface area contributed by atoms with E-state index in [2.05, 4.69) is 10.1 Å². The summed E-state index contributed by atoms with van der Waals surface area (Å²) in [5.74, 6) is -0.857. The molecule has 0 aliphatic carbocycles. The predicted molar refractivity (Wildman–Crippen MR) is 90.8 cm³/mol. The number of carbonyl (C=O) groups excluding carboxylic acids is 3. The molecule has 24 heavy (non-hydrogen) atoms. The summed E-state index contributed by atoms with van der Waals surface area (Å²) in [4.78, 5) is 35.5. The predicted octanol–water partition coefficient (Wildman–Crippen LogP) is 3.00. The number of carbonyl (C=O) groups is 3. The normalized spacial score (nSPS) is 10.0. The van der Waals surface area contributed by atoms with Gasteiger partial charge in [-0.05, 0) is 17.7 Å². The molecule has 124 valence electrons. The fraction of sp³-hybridized carbons (Fsp3) is 0.211. The zero-order chi connectivity index (χ0) is 17.4. The Morgan fingerprint density at radius 2 is 1.58 bits per heavy atom. The highest BCUT2D eigenvalue weighted by molar-refractivity contribution is 6.05. The number of ketones is 1. The number of benzene rings is 2. The minimum Gasteiger partial charge on any atom is -0.469 e. The summed E-state index contributed by atoms with van der Waals surface area (Å²) < 4.78 is 4.51. The summed E-state index contributed by atoms with van der Waals surface area (Å²) in [6, 6.07) is 16.3. The Morgan fingerprint density at radius 1 is 0.917 bits per heavy atom. The van der Waals surface area contributed by atoms with Crippen LogP contribution in [0.1, 0.15) is 28.8 Å². The maximum absolute atomic E-state index is 12.5. The summed E-state index contributed by atoms with van der Waals surface area (Å²) >= 11 is 0. The van der Waals surface area contributed by atoms with Crippen LogP contribution in [0.15, 0.2) is 54.6 Å². The Hall–Kier alpha value is -2.95. The van der Waals surface area contributed by atoms with Crippen LogP contribution < -0.4 is 5.32 Å². The number of anilines is 1. The second kappa shape index (κ2) is 8.62. The Bertz CT molecular complexity index is 725. The van der Waals surface area contributed by atoms with Crippen molar-refractivity contribution in [3.63, 3.8) is 0 Å². The van der Waals surface area contributed by atoms with Gasteiger partial charge in [0.2, 0.25) is 5.91 Å². The Kier molecular flexibility index (Phi) is 6.25. The maximum Gasteiger partial charge on any atom is 0.306 e. The third kappa shape index (κ3) is 5.05. The second-order valence-corrected chi connectivity index (χ2v) is 5.26. The molecule has 0 aliphatic rings. The highest BCUT2D eigenvalue weighted by Crippen LogP contribution is 2.18. The number of ether oxygens (including phenoxy) is 1. The summed E-state index contributed by atoms with van der Waals surface area (Å²) in [5.41, 5.74) is 1.82. The van der Waals surface area contributed by atoms with E-state index in [1.54, 1.807) is 24.3 Å². The van der Waals surface area contributed by atoms with Gasteiger partial charge in [-0.1, -0.05) is 42.5 Å². The highest BCUT2D eigenvalue weighted by atomic mass is 16.5. The molecule has 5 heteroatoms. The molecule has 1 amide bonds. The van der Waals surface area contributed by atoms with Crippen LogP contribution in [-0.2, 0) is 20.7 Å². The molecule has 0 spiro atoms. The minimum atomic E-state index is -0.446. The minimum absolute atomic E-state index is 0.00244. The molecule has 0 saturated heterocycles. The van der Waals surface area contributed by atoms with Crippen molar-refractivity contribution in [1.29, 1.82) is 0 Å². The smallest absolute Gasteiger partial charge is 0.306 e. The average molecular weight is 325 g/mol. The van der Waals surface area contributed by atoms with Crippen molar-refractivity contribution < 1.29 is 19.1 Å². The van der Waals surface area contributed by atoms with E-state index in [1.165, 1.54) is 7.11 Å². The largest absolute Gasteiger partial charge is 0.469 e. The van der Waals surface area contributed by atoms with Crippen molar-refractivity contribution >= 4 is 23.3 Å². The number of para-hydroxylation sites is 1. The molecule has 0 aliphatic heterocycles. The maximum atomic E-state index is 12.5. The first kappa shape index (κ1) is 17.4. The van der Waals surface area contributed by atoms with Crippen LogP contribution in [0.3, 0.4) is 0 Å². The van der Waals surface area contributed by atoms with Crippen molar-refractivity contribution in [1.82, 2.24) is 0 Å². The summed E-state index contributed by atoms with van der Waals surface area (Å²) in [6.45, 7) is 0. The monoisotopic (exact) mass is 325 g/mol. The topological polar surface area (TPSA) is 72.5 Å². The van der Waals surface area contributed by atoms with Crippen LogP contribution >= 0.6 is 0 Å². The molecular weight excluding hydrogens is 306 g/mol. The van der Waals surface area contributed by atoms with Gasteiger partial charge in [0.05, 0.1) is 19.2 Å². The molecule has 0 atom stereocenters. The Morgan fingerprint density at radius 3 is 2.29 bits per heavy atom. The SMILES string of the molecule is COC(=O)CCC(=O)Nc1ccccc1C(=O)Cc1ccccc1. The number of methoxy groups -OCH3 is 1. The number of amides is 1. The lowest BCUT2D eigenvalue weighted by molar-refractivity contribution is -0.141. The zero-order valence-corrected chi connectivity index (χ0v) is 13.5. The van der Waals surface area contributed by atoms with Crippen molar-refractivity contribution in [2.45, 2.75) is 19.3 Å². The molecule has 5 nitrogen and oxygen atoms in total. The quantitative estimate of drug-likeness (QED) is 0.627. The molecule has 0 heterocycles. The van der Waals surface area contributed by atoms with Gasteiger partial charge in [0, 0.05) is 18.4 Å². The molecule has 2 aromatic rings. The van der Waals surface area contributed by atoms with E-state index < -0.39 is 5.97 Å². The Labute approximate surface area is 140 Å². The van der Waals surface area contributed by atoms with Crippen molar-refractivity contribution in [2.75, 3.05) is 12.4 Å². The van der Waals surface area contributed by atoms with Gasteiger partial charge in [0.1, 0.15) is 0 Å². The van der Waals surface area contributed by atoms with Gasteiger partial charge < -0.3 is 10.1 Å². The molecule has 0 radical (unpaired) electrons.